The summed E-state index contributed by atoms with van der Waals surface area (Å²) < 4.78 is 0. The Kier molecular flexibility index (Phi) is 8.95. The number of hydrogen-bond donors (Lipinski definition) is 0. The van der Waals surface area contributed by atoms with E-state index in [0.717, 1.165) is 22.6 Å². The Morgan fingerprint density at radius 3 is 1.26 bits per heavy atom. The van der Waals surface area contributed by atoms with Gasteiger partial charge in [0.2, 0.25) is 0 Å². The standard InChI is InChI=1S/C56H39N/c1-3-17-40(18-4-1)47-23-9-10-24-49(47)43-33-35-45(36-34-43)57(46-37-38-51-44(39-46)32-31-42-21-7-8-22-48(42)51)56-30-16-15-29-55(56)54-28-14-13-27-53(54)52-26-12-11-25-50(52)41-19-5-2-6-20-41/h1-39H. The Morgan fingerprint density at radius 1 is 0.228 bits per heavy atom. The van der Waals surface area contributed by atoms with Crippen LogP contribution in [0.2, 0.25) is 0 Å². The van der Waals surface area contributed by atoms with Crippen LogP contribution in [0.1, 0.15) is 0 Å². The van der Waals surface area contributed by atoms with Crippen molar-refractivity contribution in [1.82, 2.24) is 0 Å². The van der Waals surface area contributed by atoms with Crippen molar-refractivity contribution < 1.29 is 0 Å². The third-order valence-electron chi connectivity index (χ3n) is 11.1. The molecule has 0 saturated carbocycles. The molecule has 0 N–H and O–H groups in total. The number of nitrogens with zero attached hydrogens (tertiary/aromatic N) is 1. The van der Waals surface area contributed by atoms with Crippen LogP contribution in [0.3, 0.4) is 0 Å². The second-order valence-corrected chi connectivity index (χ2v) is 14.5. The van der Waals surface area contributed by atoms with Crippen LogP contribution in [-0.4, -0.2) is 0 Å². The molecule has 0 bridgehead atoms. The minimum atomic E-state index is 1.09. The molecule has 0 amide bonds. The Balaban J connectivity index is 1.15. The van der Waals surface area contributed by atoms with Gasteiger partial charge in [0.15, 0.2) is 0 Å². The minimum absolute atomic E-state index is 1.09. The van der Waals surface area contributed by atoms with E-state index in [9.17, 15) is 0 Å². The van der Waals surface area contributed by atoms with Gasteiger partial charge >= 0.3 is 0 Å². The van der Waals surface area contributed by atoms with Gasteiger partial charge in [-0.05, 0) is 102 Å². The fraction of sp³-hybridized carbons (Fsp3) is 0. The van der Waals surface area contributed by atoms with Gasteiger partial charge in [0, 0.05) is 16.9 Å². The zero-order valence-electron chi connectivity index (χ0n) is 31.5. The van der Waals surface area contributed by atoms with Gasteiger partial charge in [0.1, 0.15) is 0 Å². The minimum Gasteiger partial charge on any atom is -0.310 e. The monoisotopic (exact) mass is 725 g/mol. The molecular formula is C56H39N. The van der Waals surface area contributed by atoms with E-state index in [1.165, 1.54) is 71.6 Å². The first kappa shape index (κ1) is 34.0. The van der Waals surface area contributed by atoms with E-state index in [2.05, 4.69) is 241 Å². The van der Waals surface area contributed by atoms with Crippen LogP contribution in [0.25, 0.3) is 77.2 Å². The zero-order chi connectivity index (χ0) is 38.0. The van der Waals surface area contributed by atoms with Crippen LogP contribution < -0.4 is 4.90 Å². The number of hydrogen-bond acceptors (Lipinski definition) is 1. The summed E-state index contributed by atoms with van der Waals surface area (Å²) in [5.41, 5.74) is 15.3. The van der Waals surface area contributed by atoms with Crippen LogP contribution in [0.15, 0.2) is 237 Å². The van der Waals surface area contributed by atoms with Gasteiger partial charge in [0.25, 0.3) is 0 Å². The molecule has 0 fully saturated rings. The van der Waals surface area contributed by atoms with Crippen LogP contribution in [-0.2, 0) is 0 Å². The van der Waals surface area contributed by atoms with E-state index in [-0.39, 0.29) is 0 Å². The molecule has 1 nitrogen and oxygen atoms in total. The van der Waals surface area contributed by atoms with E-state index in [1.54, 1.807) is 0 Å². The van der Waals surface area contributed by atoms with Gasteiger partial charge in [-0.25, -0.2) is 0 Å². The van der Waals surface area contributed by atoms with Crippen molar-refractivity contribution in [2.75, 3.05) is 4.90 Å². The second kappa shape index (κ2) is 15.0. The highest BCUT2D eigenvalue weighted by molar-refractivity contribution is 6.09. The summed E-state index contributed by atoms with van der Waals surface area (Å²) in [4.78, 5) is 2.43. The first-order chi connectivity index (χ1) is 28.3. The third-order valence-corrected chi connectivity index (χ3v) is 11.1. The van der Waals surface area contributed by atoms with Crippen molar-refractivity contribution in [3.8, 4) is 55.6 Å². The molecule has 268 valence electrons. The van der Waals surface area contributed by atoms with Crippen LogP contribution in [0, 0.1) is 0 Å². The number of para-hydroxylation sites is 1. The van der Waals surface area contributed by atoms with Gasteiger partial charge in [0.05, 0.1) is 5.69 Å². The number of fused-ring (bicyclic) bond motifs is 3. The summed E-state index contributed by atoms with van der Waals surface area (Å²) in [6.07, 6.45) is 0. The molecule has 0 aliphatic carbocycles. The van der Waals surface area contributed by atoms with Gasteiger partial charge < -0.3 is 4.90 Å². The molecule has 1 heteroatoms. The summed E-state index contributed by atoms with van der Waals surface area (Å²) in [6.45, 7) is 0. The number of anilines is 3. The highest BCUT2D eigenvalue weighted by Gasteiger charge is 2.21. The highest BCUT2D eigenvalue weighted by atomic mass is 15.1. The van der Waals surface area contributed by atoms with Crippen LogP contribution in [0.5, 0.6) is 0 Å². The fourth-order valence-electron chi connectivity index (χ4n) is 8.40. The summed E-state index contributed by atoms with van der Waals surface area (Å²) in [6, 6.07) is 85.6. The molecule has 0 aliphatic rings. The SMILES string of the molecule is c1ccc(-c2ccccc2-c2ccc(N(c3ccc4c(ccc5ccccc54)c3)c3ccccc3-c3ccccc3-c3ccccc3-c3ccccc3)cc2)cc1. The molecular weight excluding hydrogens is 687 g/mol. The summed E-state index contributed by atoms with van der Waals surface area (Å²) in [5, 5.41) is 4.97. The van der Waals surface area contributed by atoms with E-state index in [0.29, 0.717) is 0 Å². The van der Waals surface area contributed by atoms with Gasteiger partial charge in [-0.2, -0.15) is 0 Å². The lowest BCUT2D eigenvalue weighted by Crippen LogP contribution is -2.11. The van der Waals surface area contributed by atoms with Crippen molar-refractivity contribution >= 4 is 38.6 Å². The summed E-state index contributed by atoms with van der Waals surface area (Å²) in [5.74, 6) is 0. The zero-order valence-corrected chi connectivity index (χ0v) is 31.5. The van der Waals surface area contributed by atoms with Crippen molar-refractivity contribution in [3.63, 3.8) is 0 Å². The largest absolute Gasteiger partial charge is 0.310 e. The molecule has 0 unspecified atom stereocenters. The summed E-state index contributed by atoms with van der Waals surface area (Å²) >= 11 is 0. The second-order valence-electron chi connectivity index (χ2n) is 14.5. The molecule has 0 aliphatic heterocycles. The van der Waals surface area contributed by atoms with Crippen molar-refractivity contribution in [2.45, 2.75) is 0 Å². The van der Waals surface area contributed by atoms with Gasteiger partial charge in [-0.15, -0.1) is 0 Å². The van der Waals surface area contributed by atoms with Crippen molar-refractivity contribution in [2.24, 2.45) is 0 Å². The molecule has 0 heterocycles. The van der Waals surface area contributed by atoms with E-state index < -0.39 is 0 Å². The maximum Gasteiger partial charge on any atom is 0.0540 e. The van der Waals surface area contributed by atoms with Crippen LogP contribution >= 0.6 is 0 Å². The van der Waals surface area contributed by atoms with Gasteiger partial charge in [-0.3, -0.25) is 0 Å². The predicted molar refractivity (Wildman–Crippen MR) is 243 cm³/mol. The number of benzene rings is 10. The molecule has 10 rings (SSSR count). The quantitative estimate of drug-likeness (QED) is 0.141. The smallest absolute Gasteiger partial charge is 0.0540 e. The number of rotatable bonds is 8. The molecule has 10 aromatic rings. The maximum absolute atomic E-state index is 2.43. The van der Waals surface area contributed by atoms with Gasteiger partial charge in [-0.1, -0.05) is 206 Å². The van der Waals surface area contributed by atoms with E-state index in [1.807, 2.05) is 0 Å². The Morgan fingerprint density at radius 2 is 0.632 bits per heavy atom. The molecule has 10 aromatic carbocycles. The lowest BCUT2D eigenvalue weighted by molar-refractivity contribution is 1.29. The molecule has 0 saturated heterocycles. The molecule has 0 aromatic heterocycles. The molecule has 57 heavy (non-hydrogen) atoms. The average Bonchev–Trinajstić information content (AvgIpc) is 3.30. The highest BCUT2D eigenvalue weighted by Crippen LogP contribution is 2.46. The molecule has 0 spiro atoms. The Labute approximate surface area is 334 Å². The topological polar surface area (TPSA) is 3.24 Å². The van der Waals surface area contributed by atoms with Crippen LogP contribution in [0.4, 0.5) is 17.1 Å². The van der Waals surface area contributed by atoms with Crippen molar-refractivity contribution in [1.29, 1.82) is 0 Å². The fourth-order valence-corrected chi connectivity index (χ4v) is 8.40. The molecule has 0 radical (unpaired) electrons. The Hall–Kier alpha value is -7.48. The lowest BCUT2D eigenvalue weighted by Gasteiger charge is -2.29. The normalized spacial score (nSPS) is 11.2. The molecule has 0 atom stereocenters. The van der Waals surface area contributed by atoms with Crippen molar-refractivity contribution in [3.05, 3.63) is 237 Å². The first-order valence-electron chi connectivity index (χ1n) is 19.6. The summed E-state index contributed by atoms with van der Waals surface area (Å²) in [7, 11) is 0. The average molecular weight is 726 g/mol. The lowest BCUT2D eigenvalue weighted by atomic mass is 9.88. The third kappa shape index (κ3) is 6.46. The van der Waals surface area contributed by atoms with E-state index in [4.69, 9.17) is 0 Å². The first-order valence-corrected chi connectivity index (χ1v) is 19.6. The predicted octanol–water partition coefficient (Wildman–Crippen LogP) is 15.8. The van der Waals surface area contributed by atoms with E-state index >= 15 is 0 Å². The maximum atomic E-state index is 2.43. The Bertz CT molecular complexity index is 3000.